The first-order valence-electron chi connectivity index (χ1n) is 7.38. The molecule has 1 amide bonds. The Bertz CT molecular complexity index is 885. The number of benzene rings is 2. The lowest BCUT2D eigenvalue weighted by Gasteiger charge is -2.01. The summed E-state index contributed by atoms with van der Waals surface area (Å²) >= 11 is 0. The standard InChI is InChI=1S/C18H16N4O2/c1-12-6-5-9-14(17(12)23)11-19-22-18(24)16-10-15(20-21-16)13-7-3-2-4-8-13/h2-11,23H,1H3,(H,20,21)(H,22,24)/b19-11-. The van der Waals surface area contributed by atoms with Gasteiger partial charge in [0.25, 0.3) is 5.91 Å². The van der Waals surface area contributed by atoms with E-state index in [0.29, 0.717) is 17.0 Å². The SMILES string of the molecule is Cc1cccc(/C=N\NC(=O)c2cc(-c3ccccc3)n[nH]2)c1O. The highest BCUT2D eigenvalue weighted by atomic mass is 16.3. The average molecular weight is 320 g/mol. The third kappa shape index (κ3) is 3.33. The van der Waals surface area contributed by atoms with Crippen LogP contribution in [-0.4, -0.2) is 27.4 Å². The lowest BCUT2D eigenvalue weighted by atomic mass is 10.1. The third-order valence-corrected chi connectivity index (χ3v) is 3.53. The first kappa shape index (κ1) is 15.5. The van der Waals surface area contributed by atoms with E-state index in [0.717, 1.165) is 11.1 Å². The lowest BCUT2D eigenvalue weighted by molar-refractivity contribution is 0.0950. The number of carbonyl (C=O) groups excluding carboxylic acids is 1. The highest BCUT2D eigenvalue weighted by molar-refractivity contribution is 5.94. The van der Waals surface area contributed by atoms with Crippen LogP contribution in [0.15, 0.2) is 59.7 Å². The number of amides is 1. The zero-order valence-electron chi connectivity index (χ0n) is 13.0. The molecule has 3 N–H and O–H groups in total. The maximum atomic E-state index is 12.1. The van der Waals surface area contributed by atoms with Gasteiger partial charge >= 0.3 is 0 Å². The molecule has 24 heavy (non-hydrogen) atoms. The summed E-state index contributed by atoms with van der Waals surface area (Å²) in [6.07, 6.45) is 1.40. The van der Waals surface area contributed by atoms with Gasteiger partial charge in [-0.1, -0.05) is 42.5 Å². The Balaban J connectivity index is 1.69. The van der Waals surface area contributed by atoms with Crippen LogP contribution in [0.5, 0.6) is 5.75 Å². The van der Waals surface area contributed by atoms with E-state index in [4.69, 9.17) is 0 Å². The Hall–Kier alpha value is -3.41. The smallest absolute Gasteiger partial charge is 0.289 e. The highest BCUT2D eigenvalue weighted by Gasteiger charge is 2.10. The van der Waals surface area contributed by atoms with Gasteiger partial charge in [0.2, 0.25) is 0 Å². The quantitative estimate of drug-likeness (QED) is 0.510. The molecule has 0 spiro atoms. The fraction of sp³-hybridized carbons (Fsp3) is 0.0556. The molecule has 1 heterocycles. The number of hydrazone groups is 1. The third-order valence-electron chi connectivity index (χ3n) is 3.53. The molecule has 0 bridgehead atoms. The Morgan fingerprint density at radius 2 is 2.00 bits per heavy atom. The zero-order chi connectivity index (χ0) is 16.9. The van der Waals surface area contributed by atoms with Gasteiger partial charge in [0.1, 0.15) is 11.4 Å². The van der Waals surface area contributed by atoms with Crippen molar-refractivity contribution in [1.82, 2.24) is 15.6 Å². The summed E-state index contributed by atoms with van der Waals surface area (Å²) in [6.45, 7) is 1.79. The largest absolute Gasteiger partial charge is 0.507 e. The number of aryl methyl sites for hydroxylation is 1. The number of nitrogens with one attached hydrogen (secondary N) is 2. The van der Waals surface area contributed by atoms with E-state index in [9.17, 15) is 9.90 Å². The lowest BCUT2D eigenvalue weighted by Crippen LogP contribution is -2.18. The number of aromatic nitrogens is 2. The van der Waals surface area contributed by atoms with Crippen molar-refractivity contribution in [2.75, 3.05) is 0 Å². The molecule has 2 aromatic carbocycles. The van der Waals surface area contributed by atoms with Crippen molar-refractivity contribution in [1.29, 1.82) is 0 Å². The number of phenolic OH excluding ortho intramolecular Hbond substituents is 1. The van der Waals surface area contributed by atoms with E-state index >= 15 is 0 Å². The number of rotatable bonds is 4. The van der Waals surface area contributed by atoms with Crippen LogP contribution in [0, 0.1) is 6.92 Å². The minimum atomic E-state index is -0.409. The van der Waals surface area contributed by atoms with Gasteiger partial charge in [0.15, 0.2) is 0 Å². The average Bonchev–Trinajstić information content (AvgIpc) is 3.09. The van der Waals surface area contributed by atoms with E-state index in [1.54, 1.807) is 31.2 Å². The van der Waals surface area contributed by atoms with Crippen molar-refractivity contribution in [3.05, 3.63) is 71.4 Å². The van der Waals surface area contributed by atoms with Crippen LogP contribution in [0.2, 0.25) is 0 Å². The monoisotopic (exact) mass is 320 g/mol. The Morgan fingerprint density at radius 1 is 1.21 bits per heavy atom. The first-order chi connectivity index (χ1) is 11.6. The maximum absolute atomic E-state index is 12.1. The molecule has 3 rings (SSSR count). The van der Waals surface area contributed by atoms with Crippen LogP contribution in [0.1, 0.15) is 21.6 Å². The van der Waals surface area contributed by atoms with Crippen molar-refractivity contribution in [2.24, 2.45) is 5.10 Å². The Kier molecular flexibility index (Phi) is 4.38. The molecule has 1 aromatic heterocycles. The number of H-pyrrole nitrogens is 1. The molecular formula is C18H16N4O2. The number of phenols is 1. The van der Waals surface area contributed by atoms with Crippen LogP contribution in [0.4, 0.5) is 0 Å². The molecule has 0 unspecified atom stereocenters. The Labute approximate surface area is 138 Å². The molecule has 0 radical (unpaired) electrons. The number of hydrogen-bond donors (Lipinski definition) is 3. The number of aromatic hydroxyl groups is 1. The van der Waals surface area contributed by atoms with E-state index in [-0.39, 0.29) is 5.75 Å². The summed E-state index contributed by atoms with van der Waals surface area (Å²) in [5.74, 6) is -0.267. The predicted octanol–water partition coefficient (Wildman–Crippen LogP) is 2.85. The number of hydrogen-bond acceptors (Lipinski definition) is 4. The summed E-state index contributed by atoms with van der Waals surface area (Å²) in [5, 5.41) is 20.6. The fourth-order valence-electron chi connectivity index (χ4n) is 2.20. The van der Waals surface area contributed by atoms with Crippen molar-refractivity contribution in [3.63, 3.8) is 0 Å². The van der Waals surface area contributed by atoms with Crippen LogP contribution < -0.4 is 5.43 Å². The second kappa shape index (κ2) is 6.78. The topological polar surface area (TPSA) is 90.4 Å². The molecule has 0 aliphatic heterocycles. The van der Waals surface area contributed by atoms with E-state index in [2.05, 4.69) is 20.7 Å². The van der Waals surface area contributed by atoms with E-state index in [1.807, 2.05) is 30.3 Å². The van der Waals surface area contributed by atoms with Gasteiger partial charge in [0, 0.05) is 11.1 Å². The molecule has 0 fully saturated rings. The van der Waals surface area contributed by atoms with Gasteiger partial charge in [-0.25, -0.2) is 5.43 Å². The van der Waals surface area contributed by atoms with Crippen molar-refractivity contribution in [2.45, 2.75) is 6.92 Å². The van der Waals surface area contributed by atoms with Gasteiger partial charge in [0.05, 0.1) is 11.9 Å². The van der Waals surface area contributed by atoms with Crippen LogP contribution in [0.25, 0.3) is 11.3 Å². The van der Waals surface area contributed by atoms with Crippen molar-refractivity contribution in [3.8, 4) is 17.0 Å². The summed E-state index contributed by atoms with van der Waals surface area (Å²) in [7, 11) is 0. The summed E-state index contributed by atoms with van der Waals surface area (Å²) in [5.41, 5.74) is 5.59. The second-order valence-electron chi connectivity index (χ2n) is 5.24. The number of aromatic amines is 1. The highest BCUT2D eigenvalue weighted by Crippen LogP contribution is 2.19. The zero-order valence-corrected chi connectivity index (χ0v) is 13.0. The molecular weight excluding hydrogens is 304 g/mol. The van der Waals surface area contributed by atoms with Gasteiger partial charge in [-0.3, -0.25) is 9.89 Å². The van der Waals surface area contributed by atoms with Gasteiger partial charge in [-0.05, 0) is 24.6 Å². The molecule has 0 aliphatic rings. The minimum absolute atomic E-state index is 0.142. The van der Waals surface area contributed by atoms with Gasteiger partial charge < -0.3 is 5.11 Å². The number of carbonyl (C=O) groups is 1. The second-order valence-corrected chi connectivity index (χ2v) is 5.24. The molecule has 120 valence electrons. The molecule has 0 aliphatic carbocycles. The molecule has 0 saturated carbocycles. The summed E-state index contributed by atoms with van der Waals surface area (Å²) in [6, 6.07) is 16.5. The summed E-state index contributed by atoms with van der Waals surface area (Å²) in [4.78, 5) is 12.1. The fourth-order valence-corrected chi connectivity index (χ4v) is 2.20. The molecule has 6 heteroatoms. The molecule has 3 aromatic rings. The van der Waals surface area contributed by atoms with Crippen LogP contribution >= 0.6 is 0 Å². The molecule has 0 saturated heterocycles. The first-order valence-corrected chi connectivity index (χ1v) is 7.38. The van der Waals surface area contributed by atoms with Gasteiger partial charge in [-0.2, -0.15) is 10.2 Å². The van der Waals surface area contributed by atoms with Crippen LogP contribution in [-0.2, 0) is 0 Å². The predicted molar refractivity (Wildman–Crippen MR) is 91.9 cm³/mol. The molecule has 6 nitrogen and oxygen atoms in total. The Morgan fingerprint density at radius 3 is 2.79 bits per heavy atom. The molecule has 0 atom stereocenters. The van der Waals surface area contributed by atoms with Crippen molar-refractivity contribution >= 4 is 12.1 Å². The normalized spacial score (nSPS) is 10.9. The van der Waals surface area contributed by atoms with E-state index < -0.39 is 5.91 Å². The van der Waals surface area contributed by atoms with E-state index in [1.165, 1.54) is 6.21 Å². The summed E-state index contributed by atoms with van der Waals surface area (Å²) < 4.78 is 0. The maximum Gasteiger partial charge on any atom is 0.289 e. The van der Waals surface area contributed by atoms with Gasteiger partial charge in [-0.15, -0.1) is 0 Å². The number of nitrogens with zero attached hydrogens (tertiary/aromatic N) is 2. The van der Waals surface area contributed by atoms with Crippen LogP contribution in [0.3, 0.4) is 0 Å². The van der Waals surface area contributed by atoms with Crippen molar-refractivity contribution < 1.29 is 9.90 Å². The minimum Gasteiger partial charge on any atom is -0.507 e. The number of para-hydroxylation sites is 1.